The predicted molar refractivity (Wildman–Crippen MR) is 79.3 cm³/mol. The lowest BCUT2D eigenvalue weighted by atomic mass is 9.72. The van der Waals surface area contributed by atoms with Gasteiger partial charge >= 0.3 is 0 Å². The van der Waals surface area contributed by atoms with E-state index in [1.54, 1.807) is 6.20 Å². The van der Waals surface area contributed by atoms with Crippen molar-refractivity contribution in [1.29, 1.82) is 0 Å². The molecule has 2 aliphatic heterocycles. The number of ether oxygens (including phenoxy) is 1. The summed E-state index contributed by atoms with van der Waals surface area (Å²) in [5.74, 6) is 1.55. The van der Waals surface area contributed by atoms with Crippen molar-refractivity contribution in [3.05, 3.63) is 53.9 Å². The first-order valence-electron chi connectivity index (χ1n) is 7.46. The van der Waals surface area contributed by atoms with E-state index in [9.17, 15) is 5.11 Å². The van der Waals surface area contributed by atoms with E-state index in [0.717, 1.165) is 37.2 Å². The van der Waals surface area contributed by atoms with Crippen LogP contribution in [0, 0.1) is 5.92 Å². The number of nitrogens with one attached hydrogen (secondary N) is 1. The molecular formula is C17H18N2O2. The van der Waals surface area contributed by atoms with Crippen molar-refractivity contribution in [2.75, 3.05) is 13.1 Å². The van der Waals surface area contributed by atoms with E-state index >= 15 is 0 Å². The molecular weight excluding hydrogens is 264 g/mol. The fourth-order valence-electron chi connectivity index (χ4n) is 3.53. The number of para-hydroxylation sites is 1. The van der Waals surface area contributed by atoms with Gasteiger partial charge in [0.15, 0.2) is 5.75 Å². The van der Waals surface area contributed by atoms with Crippen LogP contribution in [0.2, 0.25) is 0 Å². The summed E-state index contributed by atoms with van der Waals surface area (Å²) >= 11 is 0. The first-order valence-corrected chi connectivity index (χ1v) is 7.46. The van der Waals surface area contributed by atoms with Crippen LogP contribution in [0.5, 0.6) is 11.5 Å². The molecule has 0 aliphatic carbocycles. The van der Waals surface area contributed by atoms with Gasteiger partial charge in [-0.3, -0.25) is 4.98 Å². The maximum absolute atomic E-state index is 11.6. The second kappa shape index (κ2) is 4.83. The van der Waals surface area contributed by atoms with Gasteiger partial charge in [0.1, 0.15) is 17.0 Å². The van der Waals surface area contributed by atoms with Crippen LogP contribution in [-0.2, 0) is 5.60 Å². The highest BCUT2D eigenvalue weighted by molar-refractivity contribution is 5.53. The molecule has 2 aliphatic rings. The van der Waals surface area contributed by atoms with E-state index < -0.39 is 5.60 Å². The van der Waals surface area contributed by atoms with E-state index in [0.29, 0.717) is 11.4 Å². The minimum atomic E-state index is -1.06. The van der Waals surface area contributed by atoms with Gasteiger partial charge in [-0.2, -0.15) is 0 Å². The Morgan fingerprint density at radius 3 is 2.71 bits per heavy atom. The molecule has 4 nitrogen and oxygen atoms in total. The third-order valence-corrected chi connectivity index (χ3v) is 4.58. The van der Waals surface area contributed by atoms with Crippen molar-refractivity contribution in [3.63, 3.8) is 0 Å². The van der Waals surface area contributed by atoms with E-state index in [1.807, 2.05) is 36.4 Å². The smallest absolute Gasteiger partial charge is 0.152 e. The van der Waals surface area contributed by atoms with Crippen molar-refractivity contribution in [2.45, 2.75) is 18.4 Å². The van der Waals surface area contributed by atoms with Gasteiger partial charge in [-0.15, -0.1) is 0 Å². The van der Waals surface area contributed by atoms with Gasteiger partial charge in [-0.1, -0.05) is 18.2 Å². The molecule has 2 N–H and O–H groups in total. The summed E-state index contributed by atoms with van der Waals surface area (Å²) in [6.45, 7) is 1.86. The van der Waals surface area contributed by atoms with Crippen LogP contribution in [0.15, 0.2) is 42.6 Å². The van der Waals surface area contributed by atoms with Gasteiger partial charge in [0.25, 0.3) is 0 Å². The van der Waals surface area contributed by atoms with Crippen molar-refractivity contribution in [3.8, 4) is 11.5 Å². The summed E-state index contributed by atoms with van der Waals surface area (Å²) in [5.41, 5.74) is 0.423. The Morgan fingerprint density at radius 1 is 1.10 bits per heavy atom. The van der Waals surface area contributed by atoms with Crippen LogP contribution < -0.4 is 10.1 Å². The molecule has 4 rings (SSSR count). The lowest BCUT2D eigenvalue weighted by Gasteiger charge is -2.42. The van der Waals surface area contributed by atoms with Crippen molar-refractivity contribution >= 4 is 0 Å². The maximum atomic E-state index is 11.6. The number of benzene rings is 1. The van der Waals surface area contributed by atoms with E-state index in [2.05, 4.69) is 10.3 Å². The summed E-state index contributed by atoms with van der Waals surface area (Å²) in [5, 5.41) is 15.0. The molecule has 1 aromatic carbocycles. The van der Waals surface area contributed by atoms with Crippen LogP contribution in [0.3, 0.4) is 0 Å². The molecule has 0 bridgehead atoms. The molecule has 108 valence electrons. The molecule has 2 aromatic rings. The number of fused-ring (bicyclic) bond motifs is 2. The van der Waals surface area contributed by atoms with Crippen LogP contribution in [-0.4, -0.2) is 23.2 Å². The summed E-state index contributed by atoms with van der Waals surface area (Å²) in [7, 11) is 0. The molecule has 1 atom stereocenters. The fourth-order valence-corrected chi connectivity index (χ4v) is 3.53. The Kier molecular flexibility index (Phi) is 2.94. The molecule has 0 saturated carbocycles. The van der Waals surface area contributed by atoms with Gasteiger partial charge in [0, 0.05) is 17.7 Å². The van der Waals surface area contributed by atoms with Gasteiger partial charge in [0.05, 0.1) is 0 Å². The van der Waals surface area contributed by atoms with Crippen LogP contribution in [0.1, 0.15) is 24.1 Å². The number of rotatable bonds is 1. The lowest BCUT2D eigenvalue weighted by Crippen LogP contribution is -2.44. The van der Waals surface area contributed by atoms with Crippen molar-refractivity contribution in [2.24, 2.45) is 5.92 Å². The molecule has 0 amide bonds. The molecule has 1 aromatic heterocycles. The molecule has 1 fully saturated rings. The quantitative estimate of drug-likeness (QED) is 0.843. The molecule has 0 spiro atoms. The molecule has 1 unspecified atom stereocenters. The SMILES string of the molecule is OC1(C2CCNCC2)c2ccccc2Oc2cccnc21. The first kappa shape index (κ1) is 12.8. The molecule has 4 heteroatoms. The first-order chi connectivity index (χ1) is 10.3. The van der Waals surface area contributed by atoms with Gasteiger partial charge in [0.2, 0.25) is 0 Å². The standard InChI is InChI=1S/C17H18N2O2/c20-17(12-7-10-18-11-8-12)13-4-1-2-5-14(13)21-15-6-3-9-19-16(15)17/h1-6,9,12,18,20H,7-8,10-11H2. The van der Waals surface area contributed by atoms with Gasteiger partial charge in [-0.05, 0) is 44.1 Å². The summed E-state index contributed by atoms with van der Waals surface area (Å²) in [6.07, 6.45) is 3.59. The minimum Gasteiger partial charge on any atom is -0.455 e. The van der Waals surface area contributed by atoms with Crippen LogP contribution in [0.25, 0.3) is 0 Å². The number of hydrogen-bond acceptors (Lipinski definition) is 4. The molecule has 3 heterocycles. The lowest BCUT2D eigenvalue weighted by molar-refractivity contribution is -0.00940. The number of piperidine rings is 1. The Morgan fingerprint density at radius 2 is 1.86 bits per heavy atom. The monoisotopic (exact) mass is 282 g/mol. The zero-order valence-corrected chi connectivity index (χ0v) is 11.7. The molecule has 21 heavy (non-hydrogen) atoms. The van der Waals surface area contributed by atoms with Gasteiger partial charge in [-0.25, -0.2) is 0 Å². The Bertz CT molecular complexity index is 620. The van der Waals surface area contributed by atoms with Crippen molar-refractivity contribution < 1.29 is 9.84 Å². The van der Waals surface area contributed by atoms with Crippen molar-refractivity contribution in [1.82, 2.24) is 10.3 Å². The highest BCUT2D eigenvalue weighted by atomic mass is 16.5. The summed E-state index contributed by atoms with van der Waals surface area (Å²) in [6, 6.07) is 11.5. The predicted octanol–water partition coefficient (Wildman–Crippen LogP) is 2.42. The second-order valence-electron chi connectivity index (χ2n) is 5.74. The molecule has 0 radical (unpaired) electrons. The fraction of sp³-hybridized carbons (Fsp3) is 0.353. The second-order valence-corrected chi connectivity index (χ2v) is 5.74. The number of hydrogen-bond donors (Lipinski definition) is 2. The van der Waals surface area contributed by atoms with Crippen LogP contribution >= 0.6 is 0 Å². The molecule has 1 saturated heterocycles. The van der Waals surface area contributed by atoms with E-state index in [4.69, 9.17) is 4.74 Å². The highest BCUT2D eigenvalue weighted by Gasteiger charge is 2.47. The average molecular weight is 282 g/mol. The number of aromatic nitrogens is 1. The summed E-state index contributed by atoms with van der Waals surface area (Å²) in [4.78, 5) is 4.45. The minimum absolute atomic E-state index is 0.150. The Balaban J connectivity index is 1.92. The number of pyridine rings is 1. The zero-order valence-electron chi connectivity index (χ0n) is 11.7. The van der Waals surface area contributed by atoms with Gasteiger partial charge < -0.3 is 15.2 Å². The normalized spacial score (nSPS) is 24.8. The number of nitrogens with zero attached hydrogens (tertiary/aromatic N) is 1. The number of aliphatic hydroxyl groups is 1. The highest BCUT2D eigenvalue weighted by Crippen LogP contribution is 2.50. The maximum Gasteiger partial charge on any atom is 0.152 e. The third kappa shape index (κ3) is 1.87. The van der Waals surface area contributed by atoms with E-state index in [1.165, 1.54) is 0 Å². The largest absolute Gasteiger partial charge is 0.455 e. The Labute approximate surface area is 123 Å². The third-order valence-electron chi connectivity index (χ3n) is 4.58. The summed E-state index contributed by atoms with van der Waals surface area (Å²) < 4.78 is 5.93. The average Bonchev–Trinajstić information content (AvgIpc) is 2.56. The van der Waals surface area contributed by atoms with Crippen LogP contribution in [0.4, 0.5) is 0 Å². The topological polar surface area (TPSA) is 54.4 Å². The Hall–Kier alpha value is -1.91. The van der Waals surface area contributed by atoms with E-state index in [-0.39, 0.29) is 5.92 Å². The zero-order chi connectivity index (χ0) is 14.3.